The van der Waals surface area contributed by atoms with Crippen LogP contribution < -0.4 is 5.32 Å². The largest absolute Gasteiger partial charge is 0.317 e. The normalized spacial score (nSPS) is 16.7. The predicted octanol–water partition coefficient (Wildman–Crippen LogP) is 3.89. The van der Waals surface area contributed by atoms with Crippen LogP contribution in [0.3, 0.4) is 0 Å². The number of hydrogen-bond donors (Lipinski definition) is 1. The Bertz CT molecular complexity index is 551. The minimum Gasteiger partial charge on any atom is -0.317 e. The maximum absolute atomic E-state index is 4.92. The third-order valence-electron chi connectivity index (χ3n) is 3.83. The first-order chi connectivity index (χ1) is 9.24. The highest BCUT2D eigenvalue weighted by molar-refractivity contribution is 7.12. The van der Waals surface area contributed by atoms with E-state index in [1.807, 2.05) is 11.3 Å². The molecule has 0 radical (unpaired) electrons. The van der Waals surface area contributed by atoms with Crippen LogP contribution in [0.2, 0.25) is 0 Å². The monoisotopic (exact) mass is 272 g/mol. The average molecular weight is 272 g/mol. The molecule has 0 spiro atoms. The van der Waals surface area contributed by atoms with E-state index in [1.54, 1.807) is 0 Å². The van der Waals surface area contributed by atoms with Gasteiger partial charge >= 0.3 is 0 Å². The van der Waals surface area contributed by atoms with Gasteiger partial charge in [0.1, 0.15) is 0 Å². The van der Waals surface area contributed by atoms with Crippen LogP contribution in [-0.4, -0.2) is 18.1 Å². The molecule has 1 aromatic heterocycles. The van der Waals surface area contributed by atoms with Gasteiger partial charge in [0.15, 0.2) is 0 Å². The number of nitrogens with one attached hydrogen (secondary N) is 1. The maximum atomic E-state index is 4.92. The van der Waals surface area contributed by atoms with Crippen molar-refractivity contribution in [2.75, 3.05) is 13.1 Å². The number of aryl methyl sites for hydroxylation is 2. The standard InChI is InChI=1S/C16H20N2S/c1-11-3-5-13(6-4-11)15-12(2)19-16(18-15)14-7-9-17-10-8-14/h3-6,14,17H,7-10H2,1-2H3. The second-order valence-electron chi connectivity index (χ2n) is 5.35. The van der Waals surface area contributed by atoms with E-state index in [9.17, 15) is 0 Å². The molecule has 3 heteroatoms. The Labute approximate surface area is 118 Å². The molecule has 0 unspecified atom stereocenters. The molecule has 1 saturated heterocycles. The van der Waals surface area contributed by atoms with Crippen LogP contribution in [0.1, 0.15) is 34.2 Å². The van der Waals surface area contributed by atoms with Gasteiger partial charge in [0.05, 0.1) is 10.7 Å². The fraction of sp³-hybridized carbons (Fsp3) is 0.438. The Hall–Kier alpha value is -1.19. The van der Waals surface area contributed by atoms with Crippen molar-refractivity contribution >= 4 is 11.3 Å². The lowest BCUT2D eigenvalue weighted by Crippen LogP contribution is -2.26. The summed E-state index contributed by atoms with van der Waals surface area (Å²) < 4.78 is 0. The Kier molecular flexibility index (Phi) is 3.67. The van der Waals surface area contributed by atoms with Crippen LogP contribution in [0, 0.1) is 13.8 Å². The van der Waals surface area contributed by atoms with E-state index >= 15 is 0 Å². The number of thiazole rings is 1. The van der Waals surface area contributed by atoms with Gasteiger partial charge in [-0.1, -0.05) is 29.8 Å². The summed E-state index contributed by atoms with van der Waals surface area (Å²) in [6.45, 7) is 6.57. The smallest absolute Gasteiger partial charge is 0.0967 e. The van der Waals surface area contributed by atoms with Gasteiger partial charge in [-0.25, -0.2) is 4.98 Å². The number of aromatic nitrogens is 1. The van der Waals surface area contributed by atoms with Gasteiger partial charge in [-0.15, -0.1) is 11.3 Å². The SMILES string of the molecule is Cc1ccc(-c2nc(C3CCNCC3)sc2C)cc1. The lowest BCUT2D eigenvalue weighted by Gasteiger charge is -2.20. The molecule has 1 aliphatic rings. The van der Waals surface area contributed by atoms with E-state index in [4.69, 9.17) is 4.98 Å². The number of nitrogens with zero attached hydrogens (tertiary/aromatic N) is 1. The lowest BCUT2D eigenvalue weighted by atomic mass is 9.99. The van der Waals surface area contributed by atoms with Crippen LogP contribution >= 0.6 is 11.3 Å². The summed E-state index contributed by atoms with van der Waals surface area (Å²) in [6.07, 6.45) is 2.45. The third-order valence-corrected chi connectivity index (χ3v) is 4.96. The molecular formula is C16H20N2S. The molecule has 1 aromatic carbocycles. The minimum atomic E-state index is 0.657. The average Bonchev–Trinajstić information content (AvgIpc) is 2.83. The fourth-order valence-electron chi connectivity index (χ4n) is 2.64. The van der Waals surface area contributed by atoms with Gasteiger partial charge in [0.2, 0.25) is 0 Å². The number of hydrogen-bond acceptors (Lipinski definition) is 3. The zero-order valence-corrected chi connectivity index (χ0v) is 12.4. The molecule has 1 N–H and O–H groups in total. The van der Waals surface area contributed by atoms with Gasteiger partial charge in [0, 0.05) is 16.4 Å². The quantitative estimate of drug-likeness (QED) is 0.897. The second kappa shape index (κ2) is 5.43. The number of benzene rings is 1. The van der Waals surface area contributed by atoms with Gasteiger partial charge in [-0.3, -0.25) is 0 Å². The van der Waals surface area contributed by atoms with Crippen molar-refractivity contribution in [3.8, 4) is 11.3 Å². The van der Waals surface area contributed by atoms with Crippen molar-refractivity contribution in [2.45, 2.75) is 32.6 Å². The predicted molar refractivity (Wildman–Crippen MR) is 81.9 cm³/mol. The van der Waals surface area contributed by atoms with Crippen molar-refractivity contribution in [2.24, 2.45) is 0 Å². The first-order valence-corrected chi connectivity index (χ1v) is 7.81. The molecule has 2 nitrogen and oxygen atoms in total. The van der Waals surface area contributed by atoms with E-state index in [0.29, 0.717) is 5.92 Å². The molecule has 0 saturated carbocycles. The summed E-state index contributed by atoms with van der Waals surface area (Å²) in [5, 5.41) is 4.75. The molecule has 0 aliphatic carbocycles. The molecule has 3 rings (SSSR count). The number of rotatable bonds is 2. The zero-order chi connectivity index (χ0) is 13.2. The lowest BCUT2D eigenvalue weighted by molar-refractivity contribution is 0.459. The van der Waals surface area contributed by atoms with Gasteiger partial charge in [-0.05, 0) is 39.8 Å². The molecule has 0 amide bonds. The summed E-state index contributed by atoms with van der Waals surface area (Å²) in [5.41, 5.74) is 3.73. The number of piperidine rings is 1. The van der Waals surface area contributed by atoms with Crippen LogP contribution in [0.15, 0.2) is 24.3 Å². The molecule has 2 heterocycles. The Balaban J connectivity index is 1.90. The minimum absolute atomic E-state index is 0.657. The highest BCUT2D eigenvalue weighted by atomic mass is 32.1. The molecule has 1 fully saturated rings. The first-order valence-electron chi connectivity index (χ1n) is 6.99. The zero-order valence-electron chi connectivity index (χ0n) is 11.6. The second-order valence-corrected chi connectivity index (χ2v) is 6.58. The van der Waals surface area contributed by atoms with Crippen LogP contribution in [0.4, 0.5) is 0 Å². The molecule has 2 aromatic rings. The molecular weight excluding hydrogens is 252 g/mol. The van der Waals surface area contributed by atoms with E-state index in [1.165, 1.54) is 39.5 Å². The fourth-order valence-corrected chi connectivity index (χ4v) is 3.75. The van der Waals surface area contributed by atoms with Crippen molar-refractivity contribution in [1.29, 1.82) is 0 Å². The van der Waals surface area contributed by atoms with Crippen LogP contribution in [0.5, 0.6) is 0 Å². The Morgan fingerprint density at radius 3 is 2.47 bits per heavy atom. The summed E-state index contributed by atoms with van der Waals surface area (Å²) in [7, 11) is 0. The van der Waals surface area contributed by atoms with Crippen molar-refractivity contribution in [3.63, 3.8) is 0 Å². The molecule has 0 bridgehead atoms. The van der Waals surface area contributed by atoms with Crippen molar-refractivity contribution in [1.82, 2.24) is 10.3 Å². The highest BCUT2D eigenvalue weighted by Crippen LogP contribution is 2.34. The molecule has 100 valence electrons. The van der Waals surface area contributed by atoms with E-state index < -0.39 is 0 Å². The van der Waals surface area contributed by atoms with Crippen molar-refractivity contribution in [3.05, 3.63) is 39.7 Å². The first kappa shape index (κ1) is 12.8. The third kappa shape index (κ3) is 2.72. The van der Waals surface area contributed by atoms with E-state index in [-0.39, 0.29) is 0 Å². The van der Waals surface area contributed by atoms with E-state index in [0.717, 1.165) is 13.1 Å². The van der Waals surface area contributed by atoms with Gasteiger partial charge < -0.3 is 5.32 Å². The molecule has 19 heavy (non-hydrogen) atoms. The summed E-state index contributed by atoms with van der Waals surface area (Å²) in [5.74, 6) is 0.657. The van der Waals surface area contributed by atoms with Crippen molar-refractivity contribution < 1.29 is 0 Å². The van der Waals surface area contributed by atoms with Crippen LogP contribution in [-0.2, 0) is 0 Å². The summed E-state index contributed by atoms with van der Waals surface area (Å²) in [6, 6.07) is 8.70. The Morgan fingerprint density at radius 1 is 1.11 bits per heavy atom. The molecule has 1 aliphatic heterocycles. The Morgan fingerprint density at radius 2 is 1.79 bits per heavy atom. The van der Waals surface area contributed by atoms with E-state index in [2.05, 4.69) is 43.4 Å². The van der Waals surface area contributed by atoms with Crippen LogP contribution in [0.25, 0.3) is 11.3 Å². The topological polar surface area (TPSA) is 24.9 Å². The maximum Gasteiger partial charge on any atom is 0.0967 e. The molecule has 0 atom stereocenters. The van der Waals surface area contributed by atoms with Gasteiger partial charge in [-0.2, -0.15) is 0 Å². The highest BCUT2D eigenvalue weighted by Gasteiger charge is 2.20. The van der Waals surface area contributed by atoms with Gasteiger partial charge in [0.25, 0.3) is 0 Å². The summed E-state index contributed by atoms with van der Waals surface area (Å²) >= 11 is 1.88. The summed E-state index contributed by atoms with van der Waals surface area (Å²) in [4.78, 5) is 6.27.